The summed E-state index contributed by atoms with van der Waals surface area (Å²) in [6.45, 7) is 4.76. The lowest BCUT2D eigenvalue weighted by molar-refractivity contribution is -0.0666. The summed E-state index contributed by atoms with van der Waals surface area (Å²) in [5.41, 5.74) is -0.826. The molecule has 3 nitrogen and oxygen atoms in total. The van der Waals surface area contributed by atoms with Crippen LogP contribution in [0.15, 0.2) is 0 Å². The number of hydrogen-bond donors (Lipinski definition) is 2. The van der Waals surface area contributed by atoms with Crippen LogP contribution in [0.1, 0.15) is 26.2 Å². The van der Waals surface area contributed by atoms with Gasteiger partial charge in [0.25, 0.3) is 0 Å². The maximum Gasteiger partial charge on any atom is 0.100 e. The summed E-state index contributed by atoms with van der Waals surface area (Å²) in [5.74, 6) is 0. The first-order chi connectivity index (χ1) is 5.70. The lowest BCUT2D eigenvalue weighted by Gasteiger charge is -2.37. The molecule has 0 aromatic rings. The van der Waals surface area contributed by atoms with Gasteiger partial charge in [-0.15, -0.1) is 0 Å². The molecule has 12 heavy (non-hydrogen) atoms. The van der Waals surface area contributed by atoms with Crippen molar-refractivity contribution in [1.29, 1.82) is 0 Å². The average molecular weight is 173 g/mol. The van der Waals surface area contributed by atoms with Crippen LogP contribution < -0.4 is 0 Å². The van der Waals surface area contributed by atoms with E-state index in [0.717, 1.165) is 32.4 Å². The van der Waals surface area contributed by atoms with Crippen LogP contribution in [0.3, 0.4) is 0 Å². The van der Waals surface area contributed by atoms with Gasteiger partial charge in [-0.25, -0.2) is 0 Å². The molecule has 1 aliphatic rings. The smallest absolute Gasteiger partial charge is 0.100 e. The lowest BCUT2D eigenvalue weighted by Crippen LogP contribution is -2.50. The van der Waals surface area contributed by atoms with Crippen LogP contribution in [0.2, 0.25) is 0 Å². The third kappa shape index (κ3) is 2.44. The second kappa shape index (κ2) is 4.21. The van der Waals surface area contributed by atoms with Gasteiger partial charge in [0, 0.05) is 6.54 Å². The lowest BCUT2D eigenvalue weighted by atomic mass is 9.94. The van der Waals surface area contributed by atoms with Gasteiger partial charge in [0.05, 0.1) is 6.61 Å². The third-order valence-corrected chi connectivity index (χ3v) is 2.47. The zero-order valence-corrected chi connectivity index (χ0v) is 7.79. The molecule has 0 radical (unpaired) electrons. The molecule has 0 aromatic carbocycles. The number of aliphatic hydroxyl groups is 2. The van der Waals surface area contributed by atoms with E-state index in [0.29, 0.717) is 6.54 Å². The van der Waals surface area contributed by atoms with Gasteiger partial charge in [0.1, 0.15) is 5.60 Å². The minimum atomic E-state index is -0.826. The Morgan fingerprint density at radius 2 is 2.25 bits per heavy atom. The highest BCUT2D eigenvalue weighted by Gasteiger charge is 2.31. The largest absolute Gasteiger partial charge is 0.393 e. The molecule has 1 aliphatic heterocycles. The Hall–Kier alpha value is -0.120. The van der Waals surface area contributed by atoms with Gasteiger partial charge >= 0.3 is 0 Å². The molecule has 2 N–H and O–H groups in total. The van der Waals surface area contributed by atoms with Crippen molar-refractivity contribution in [2.24, 2.45) is 0 Å². The molecule has 1 saturated heterocycles. The van der Waals surface area contributed by atoms with Gasteiger partial charge in [-0.3, -0.25) is 0 Å². The minimum Gasteiger partial charge on any atom is -0.393 e. The molecule has 0 bridgehead atoms. The third-order valence-electron chi connectivity index (χ3n) is 2.47. The Bertz CT molecular complexity index is 138. The number of likely N-dealkylation sites (tertiary alicyclic amines) is 1. The number of nitrogens with zero attached hydrogens (tertiary/aromatic N) is 1. The van der Waals surface area contributed by atoms with Gasteiger partial charge in [0.15, 0.2) is 0 Å². The first-order valence-corrected chi connectivity index (χ1v) is 4.76. The fourth-order valence-electron chi connectivity index (χ4n) is 1.84. The normalized spacial score (nSPS) is 32.2. The number of piperidine rings is 1. The highest BCUT2D eigenvalue weighted by Crippen LogP contribution is 2.20. The first kappa shape index (κ1) is 9.96. The fraction of sp³-hybridized carbons (Fsp3) is 1.00. The quantitative estimate of drug-likeness (QED) is 0.641. The number of β-amino-alcohol motifs (C(OH)–C–C–N with tert-alkyl or cyclic N) is 1. The fourth-order valence-corrected chi connectivity index (χ4v) is 1.84. The Balaban J connectivity index is 2.39. The molecule has 0 aromatic heterocycles. The van der Waals surface area contributed by atoms with Gasteiger partial charge < -0.3 is 15.1 Å². The monoisotopic (exact) mass is 173 g/mol. The Morgan fingerprint density at radius 3 is 2.83 bits per heavy atom. The predicted octanol–water partition coefficient (Wildman–Crippen LogP) is 0.216. The van der Waals surface area contributed by atoms with Crippen LogP contribution >= 0.6 is 0 Å². The summed E-state index contributed by atoms with van der Waals surface area (Å²) in [4.78, 5) is 2.22. The zero-order valence-electron chi connectivity index (χ0n) is 7.79. The maximum atomic E-state index is 9.79. The molecule has 0 aliphatic carbocycles. The molecule has 1 fully saturated rings. The minimum absolute atomic E-state index is 0.104. The van der Waals surface area contributed by atoms with Crippen LogP contribution in [-0.4, -0.2) is 47.0 Å². The van der Waals surface area contributed by atoms with Crippen LogP contribution in [0.4, 0.5) is 0 Å². The molecule has 0 saturated carbocycles. The van der Waals surface area contributed by atoms with Crippen molar-refractivity contribution in [2.45, 2.75) is 31.8 Å². The topological polar surface area (TPSA) is 43.7 Å². The number of hydrogen-bond acceptors (Lipinski definition) is 3. The maximum absolute atomic E-state index is 9.79. The van der Waals surface area contributed by atoms with Crippen molar-refractivity contribution in [3.05, 3.63) is 0 Å². The van der Waals surface area contributed by atoms with Crippen LogP contribution in [-0.2, 0) is 0 Å². The van der Waals surface area contributed by atoms with E-state index in [9.17, 15) is 5.11 Å². The second-order valence-corrected chi connectivity index (χ2v) is 3.76. The number of rotatable bonds is 3. The van der Waals surface area contributed by atoms with Crippen LogP contribution in [0, 0.1) is 0 Å². The molecule has 1 rings (SSSR count). The summed E-state index contributed by atoms with van der Waals surface area (Å²) in [6.07, 6.45) is 2.85. The SMILES string of the molecule is CCCN1CCCC(O)(CO)C1. The summed E-state index contributed by atoms with van der Waals surface area (Å²) >= 11 is 0. The van der Waals surface area contributed by atoms with Gasteiger partial charge in [0.2, 0.25) is 0 Å². The van der Waals surface area contributed by atoms with E-state index in [4.69, 9.17) is 5.11 Å². The molecular formula is C9H19NO2. The van der Waals surface area contributed by atoms with E-state index in [1.807, 2.05) is 0 Å². The molecule has 1 heterocycles. The molecule has 72 valence electrons. The van der Waals surface area contributed by atoms with Gasteiger partial charge in [-0.05, 0) is 32.4 Å². The first-order valence-electron chi connectivity index (χ1n) is 4.76. The van der Waals surface area contributed by atoms with E-state index in [1.165, 1.54) is 0 Å². The summed E-state index contributed by atoms with van der Waals surface area (Å²) in [7, 11) is 0. The summed E-state index contributed by atoms with van der Waals surface area (Å²) in [5, 5.41) is 18.7. The molecule has 1 unspecified atom stereocenters. The summed E-state index contributed by atoms with van der Waals surface area (Å²) < 4.78 is 0. The predicted molar refractivity (Wildman–Crippen MR) is 48.0 cm³/mol. The van der Waals surface area contributed by atoms with Crippen LogP contribution in [0.5, 0.6) is 0 Å². The van der Waals surface area contributed by atoms with E-state index in [2.05, 4.69) is 11.8 Å². The Kier molecular flexibility index (Phi) is 3.50. The van der Waals surface area contributed by atoms with E-state index >= 15 is 0 Å². The molecular weight excluding hydrogens is 154 g/mol. The van der Waals surface area contributed by atoms with E-state index in [1.54, 1.807) is 0 Å². The van der Waals surface area contributed by atoms with E-state index in [-0.39, 0.29) is 6.61 Å². The van der Waals surface area contributed by atoms with Crippen molar-refractivity contribution < 1.29 is 10.2 Å². The van der Waals surface area contributed by atoms with Crippen molar-refractivity contribution in [3.8, 4) is 0 Å². The highest BCUT2D eigenvalue weighted by atomic mass is 16.3. The van der Waals surface area contributed by atoms with Crippen molar-refractivity contribution in [2.75, 3.05) is 26.2 Å². The van der Waals surface area contributed by atoms with Crippen molar-refractivity contribution in [3.63, 3.8) is 0 Å². The van der Waals surface area contributed by atoms with Crippen molar-refractivity contribution in [1.82, 2.24) is 4.90 Å². The van der Waals surface area contributed by atoms with E-state index < -0.39 is 5.60 Å². The molecule has 0 amide bonds. The standard InChI is InChI=1S/C9H19NO2/c1-2-5-10-6-3-4-9(12,7-10)8-11/h11-12H,2-8H2,1H3. The van der Waals surface area contributed by atoms with Crippen molar-refractivity contribution >= 4 is 0 Å². The Labute approximate surface area is 74.0 Å². The van der Waals surface area contributed by atoms with Gasteiger partial charge in [-0.2, -0.15) is 0 Å². The highest BCUT2D eigenvalue weighted by molar-refractivity contribution is 4.86. The molecule has 3 heteroatoms. The number of aliphatic hydroxyl groups excluding tert-OH is 1. The van der Waals surface area contributed by atoms with Crippen LogP contribution in [0.25, 0.3) is 0 Å². The zero-order chi connectivity index (χ0) is 9.03. The average Bonchev–Trinajstić information content (AvgIpc) is 2.05. The Morgan fingerprint density at radius 1 is 1.50 bits per heavy atom. The van der Waals surface area contributed by atoms with Gasteiger partial charge in [-0.1, -0.05) is 6.92 Å². The second-order valence-electron chi connectivity index (χ2n) is 3.76. The molecule has 1 atom stereocenters. The molecule has 0 spiro atoms. The summed E-state index contributed by atoms with van der Waals surface area (Å²) in [6, 6.07) is 0.